The van der Waals surface area contributed by atoms with Crippen LogP contribution in [0.15, 0.2) is 49.2 Å². The first-order valence-electron chi connectivity index (χ1n) is 12.6. The van der Waals surface area contributed by atoms with Crippen molar-refractivity contribution in [1.29, 1.82) is 0 Å². The molecule has 186 valence electrons. The van der Waals surface area contributed by atoms with Crippen LogP contribution in [-0.2, 0) is 22.7 Å². The Kier molecular flexibility index (Phi) is 4.88. The van der Waals surface area contributed by atoms with E-state index >= 15 is 0 Å². The molecule has 7 rings (SSSR count). The second-order valence-electron chi connectivity index (χ2n) is 9.78. The number of hydrogen-bond acceptors (Lipinski definition) is 5. The molecule has 6 heterocycles. The molecule has 10 nitrogen and oxygen atoms in total. The predicted molar refractivity (Wildman–Crippen MR) is 136 cm³/mol. The van der Waals surface area contributed by atoms with E-state index in [0.29, 0.717) is 47.7 Å². The van der Waals surface area contributed by atoms with Gasteiger partial charge in [-0.1, -0.05) is 18.2 Å². The van der Waals surface area contributed by atoms with Crippen LogP contribution in [0.4, 0.5) is 4.79 Å². The maximum Gasteiger partial charge on any atom is 0.320 e. The summed E-state index contributed by atoms with van der Waals surface area (Å²) in [6, 6.07) is 6.06. The summed E-state index contributed by atoms with van der Waals surface area (Å²) in [5.41, 5.74) is 4.49. The summed E-state index contributed by atoms with van der Waals surface area (Å²) in [6.45, 7) is 3.31. The highest BCUT2D eigenvalue weighted by atomic mass is 16.2. The third kappa shape index (κ3) is 3.35. The van der Waals surface area contributed by atoms with Crippen molar-refractivity contribution in [1.82, 2.24) is 34.1 Å². The molecule has 3 aliphatic heterocycles. The molecule has 0 aliphatic carbocycles. The van der Waals surface area contributed by atoms with E-state index in [-0.39, 0.29) is 6.03 Å². The lowest BCUT2D eigenvalue weighted by Crippen LogP contribution is -2.45. The molecule has 1 aromatic carbocycles. The quantitative estimate of drug-likeness (QED) is 0.431. The van der Waals surface area contributed by atoms with Crippen molar-refractivity contribution in [2.24, 2.45) is 0 Å². The minimum atomic E-state index is -0.443. The SMILES string of the molecule is O=C1NC(=O)C(c2cnc3cnccn23)=C1c1cn2c3c(cccc13)CN(C(=O)N1CCCCC1)CC2. The first kappa shape index (κ1) is 21.8. The Hall–Kier alpha value is -4.47. The number of imidazole rings is 1. The molecule has 0 atom stereocenters. The molecule has 3 aromatic heterocycles. The lowest BCUT2D eigenvalue weighted by atomic mass is 9.98. The number of para-hydroxylation sites is 1. The van der Waals surface area contributed by atoms with Gasteiger partial charge in [0.2, 0.25) is 0 Å². The standard InChI is InChI=1S/C27H25N7O3/c35-25-22(23(26(36)30-25)20-13-29-21-14-28-7-10-34(20)21)19-16-32-11-12-33(27(37)31-8-2-1-3-9-31)15-17-5-4-6-18(19)24(17)32/h4-7,10,13-14,16H,1-3,8-9,11-12,15H2,(H,30,35,36). The monoisotopic (exact) mass is 495 g/mol. The van der Waals surface area contributed by atoms with Crippen molar-refractivity contribution in [2.75, 3.05) is 19.6 Å². The Bertz CT molecular complexity index is 1640. The van der Waals surface area contributed by atoms with E-state index in [4.69, 9.17) is 0 Å². The molecular formula is C27H25N7O3. The number of aromatic nitrogens is 4. The summed E-state index contributed by atoms with van der Waals surface area (Å²) >= 11 is 0. The summed E-state index contributed by atoms with van der Waals surface area (Å²) in [6.07, 6.45) is 11.8. The third-order valence-corrected chi connectivity index (χ3v) is 7.62. The van der Waals surface area contributed by atoms with E-state index in [0.717, 1.165) is 42.4 Å². The van der Waals surface area contributed by atoms with Crippen molar-refractivity contribution >= 4 is 45.5 Å². The number of rotatable bonds is 2. The van der Waals surface area contributed by atoms with Crippen LogP contribution in [0.2, 0.25) is 0 Å². The Morgan fingerprint density at radius 1 is 0.919 bits per heavy atom. The summed E-state index contributed by atoms with van der Waals surface area (Å²) in [7, 11) is 0. The van der Waals surface area contributed by atoms with Gasteiger partial charge in [-0.15, -0.1) is 0 Å². The van der Waals surface area contributed by atoms with Crippen LogP contribution < -0.4 is 5.32 Å². The van der Waals surface area contributed by atoms with Gasteiger partial charge < -0.3 is 14.4 Å². The number of urea groups is 1. The highest BCUT2D eigenvalue weighted by Gasteiger charge is 2.36. The highest BCUT2D eigenvalue weighted by molar-refractivity contribution is 6.49. The second kappa shape index (κ2) is 8.29. The van der Waals surface area contributed by atoms with Crippen molar-refractivity contribution in [3.05, 3.63) is 66.0 Å². The molecule has 0 spiro atoms. The van der Waals surface area contributed by atoms with Gasteiger partial charge in [0.1, 0.15) is 0 Å². The summed E-state index contributed by atoms with van der Waals surface area (Å²) in [4.78, 5) is 51.8. The lowest BCUT2D eigenvalue weighted by Gasteiger charge is -2.32. The first-order valence-corrected chi connectivity index (χ1v) is 12.6. The van der Waals surface area contributed by atoms with Crippen molar-refractivity contribution < 1.29 is 14.4 Å². The highest BCUT2D eigenvalue weighted by Crippen LogP contribution is 2.38. The molecule has 10 heteroatoms. The van der Waals surface area contributed by atoms with Gasteiger partial charge in [0, 0.05) is 62.3 Å². The summed E-state index contributed by atoms with van der Waals surface area (Å²) < 4.78 is 3.88. The van der Waals surface area contributed by atoms with E-state index in [9.17, 15) is 14.4 Å². The molecule has 0 radical (unpaired) electrons. The number of fused-ring (bicyclic) bond motifs is 1. The van der Waals surface area contributed by atoms with Gasteiger partial charge in [0.05, 0.1) is 34.8 Å². The van der Waals surface area contributed by atoms with E-state index in [2.05, 4.69) is 19.9 Å². The van der Waals surface area contributed by atoms with E-state index in [1.165, 1.54) is 6.42 Å². The zero-order chi connectivity index (χ0) is 25.1. The minimum Gasteiger partial charge on any atom is -0.345 e. The Morgan fingerprint density at radius 3 is 2.62 bits per heavy atom. The topological polar surface area (TPSA) is 105 Å². The Labute approximate surface area is 212 Å². The normalized spacial score (nSPS) is 18.2. The van der Waals surface area contributed by atoms with Crippen molar-refractivity contribution in [2.45, 2.75) is 32.4 Å². The number of benzene rings is 1. The van der Waals surface area contributed by atoms with Crippen LogP contribution in [0, 0.1) is 0 Å². The van der Waals surface area contributed by atoms with Gasteiger partial charge in [-0.2, -0.15) is 0 Å². The van der Waals surface area contributed by atoms with Crippen LogP contribution in [-0.4, -0.2) is 66.2 Å². The summed E-state index contributed by atoms with van der Waals surface area (Å²) in [5, 5.41) is 3.37. The molecule has 37 heavy (non-hydrogen) atoms. The maximum atomic E-state index is 13.3. The van der Waals surface area contributed by atoms with Crippen LogP contribution in [0.1, 0.15) is 36.1 Å². The van der Waals surface area contributed by atoms with Gasteiger partial charge in [-0.3, -0.25) is 24.3 Å². The third-order valence-electron chi connectivity index (χ3n) is 7.62. The largest absolute Gasteiger partial charge is 0.345 e. The smallest absolute Gasteiger partial charge is 0.320 e. The zero-order valence-electron chi connectivity index (χ0n) is 20.2. The molecule has 0 unspecified atom stereocenters. The van der Waals surface area contributed by atoms with E-state index in [1.807, 2.05) is 34.2 Å². The zero-order valence-corrected chi connectivity index (χ0v) is 20.2. The number of hydrogen-bond donors (Lipinski definition) is 1. The molecule has 4 aromatic rings. The fraction of sp³-hybridized carbons (Fsp3) is 0.296. The molecule has 0 bridgehead atoms. The molecule has 1 fully saturated rings. The fourth-order valence-corrected chi connectivity index (χ4v) is 5.89. The van der Waals surface area contributed by atoms with E-state index in [1.54, 1.807) is 29.2 Å². The number of carbonyl (C=O) groups excluding carboxylic acids is 3. The summed E-state index contributed by atoms with van der Waals surface area (Å²) in [5.74, 6) is -0.867. The molecular weight excluding hydrogens is 470 g/mol. The molecule has 4 amide bonds. The number of nitrogens with one attached hydrogen (secondary N) is 1. The number of amides is 4. The van der Waals surface area contributed by atoms with Crippen LogP contribution in [0.5, 0.6) is 0 Å². The molecule has 3 aliphatic rings. The van der Waals surface area contributed by atoms with Crippen LogP contribution >= 0.6 is 0 Å². The van der Waals surface area contributed by atoms with Gasteiger partial charge >= 0.3 is 6.03 Å². The van der Waals surface area contributed by atoms with Gasteiger partial charge in [0.25, 0.3) is 11.8 Å². The van der Waals surface area contributed by atoms with Crippen LogP contribution in [0.25, 0.3) is 27.7 Å². The average molecular weight is 496 g/mol. The van der Waals surface area contributed by atoms with Crippen LogP contribution in [0.3, 0.4) is 0 Å². The maximum absolute atomic E-state index is 13.3. The number of piperidine rings is 1. The van der Waals surface area contributed by atoms with Gasteiger partial charge in [-0.05, 0) is 24.8 Å². The fourth-order valence-electron chi connectivity index (χ4n) is 5.89. The van der Waals surface area contributed by atoms with Gasteiger partial charge in [0.15, 0.2) is 5.65 Å². The molecule has 0 saturated carbocycles. The van der Waals surface area contributed by atoms with Crippen molar-refractivity contribution in [3.8, 4) is 0 Å². The number of likely N-dealkylation sites (tertiary alicyclic amines) is 1. The second-order valence-corrected chi connectivity index (χ2v) is 9.78. The van der Waals surface area contributed by atoms with Crippen molar-refractivity contribution in [3.63, 3.8) is 0 Å². The minimum absolute atomic E-state index is 0.0931. The molecule has 1 N–H and O–H groups in total. The van der Waals surface area contributed by atoms with Gasteiger partial charge in [-0.25, -0.2) is 9.78 Å². The predicted octanol–water partition coefficient (Wildman–Crippen LogP) is 2.67. The van der Waals surface area contributed by atoms with E-state index < -0.39 is 11.8 Å². The lowest BCUT2D eigenvalue weighted by molar-refractivity contribution is -0.122. The molecule has 1 saturated heterocycles. The number of imide groups is 1. The Morgan fingerprint density at radius 2 is 1.76 bits per heavy atom. The first-order chi connectivity index (χ1) is 18.1. The Balaban J connectivity index is 1.34. The number of nitrogens with zero attached hydrogens (tertiary/aromatic N) is 6. The number of carbonyl (C=O) groups is 3. The average Bonchev–Trinajstić information content (AvgIpc) is 3.55.